The first-order valence-corrected chi connectivity index (χ1v) is 30.0. The summed E-state index contributed by atoms with van der Waals surface area (Å²) in [4.78, 5) is 45.4. The maximum absolute atomic E-state index is 10.1. The van der Waals surface area contributed by atoms with Gasteiger partial charge < -0.3 is 120 Å². The standard InChI is InChI=1S/C8H18O.12C4H6N2.6BFH2O2/c1-5-7(3)9-8(4)6-2;12*1-6-3-2-5-4-6;6*2-1(3)4/h7-8H,5-6H2,1-4H3;12*2-4H,1H3;6*3-4H. The third-order valence-corrected chi connectivity index (χ3v) is 9.25. The Morgan fingerprint density at radius 2 is 0.305 bits per heavy atom. The molecule has 584 valence electrons. The molecule has 0 aliphatic heterocycles. The summed E-state index contributed by atoms with van der Waals surface area (Å²) in [6, 6.07) is 0. The number of aromatic nitrogens is 24. The van der Waals surface area contributed by atoms with Gasteiger partial charge in [0.1, 0.15) is 0 Å². The van der Waals surface area contributed by atoms with Crippen LogP contribution in [0.15, 0.2) is 225 Å². The molecule has 0 aromatic carbocycles. The second-order valence-electron chi connectivity index (χ2n) is 19.2. The van der Waals surface area contributed by atoms with Crippen LogP contribution in [0.25, 0.3) is 0 Å². The maximum atomic E-state index is 10.1. The normalized spacial score (nSPS) is 9.09. The molecule has 12 aromatic heterocycles. The van der Waals surface area contributed by atoms with Crippen molar-refractivity contribution in [3.8, 4) is 0 Å². The van der Waals surface area contributed by atoms with E-state index in [4.69, 9.17) is 65.0 Å². The molecule has 12 rings (SSSR count). The lowest BCUT2D eigenvalue weighted by Crippen LogP contribution is -2.14. The molecule has 12 aromatic rings. The Hall–Kier alpha value is -10.0. The lowest BCUT2D eigenvalue weighted by atomic mass is 10.3. The number of imidazole rings is 12. The van der Waals surface area contributed by atoms with Crippen LogP contribution < -0.4 is 0 Å². The lowest BCUT2D eigenvalue weighted by molar-refractivity contribution is 0.00510. The minimum Gasteiger partial charge on any atom is -0.398 e. The summed E-state index contributed by atoms with van der Waals surface area (Å²) in [5, 5.41) is 83.3. The largest absolute Gasteiger partial charge is 0.674 e. The predicted octanol–water partition coefficient (Wildman–Crippen LogP) is 1.19. The number of hydrogen-bond acceptors (Lipinski definition) is 25. The highest BCUT2D eigenvalue weighted by atomic mass is 19.1. The van der Waals surface area contributed by atoms with Gasteiger partial charge in [0.15, 0.2) is 0 Å². The number of nitrogens with zero attached hydrogens (tertiary/aromatic N) is 24. The van der Waals surface area contributed by atoms with Crippen molar-refractivity contribution < 1.29 is 90.9 Å². The predicted molar refractivity (Wildman–Crippen MR) is 387 cm³/mol. The maximum Gasteiger partial charge on any atom is 0.674 e. The van der Waals surface area contributed by atoms with Crippen LogP contribution in [-0.4, -0.2) is 231 Å². The fourth-order valence-corrected chi connectivity index (χ4v) is 4.50. The molecule has 12 N–H and O–H groups in total. The zero-order chi connectivity index (χ0) is 81.6. The fraction of sp³-hybridized carbons (Fsp3) is 0.357. The second kappa shape index (κ2) is 79.7. The van der Waals surface area contributed by atoms with Crippen LogP contribution in [0.2, 0.25) is 0 Å². The summed E-state index contributed by atoms with van der Waals surface area (Å²) in [6.45, 7) is 8.53. The van der Waals surface area contributed by atoms with E-state index in [-0.39, 0.29) is 0 Å². The topological polar surface area (TPSA) is 466 Å². The molecule has 0 aliphatic rings. The van der Waals surface area contributed by atoms with Crippen molar-refractivity contribution in [3.63, 3.8) is 0 Å². The van der Waals surface area contributed by atoms with Crippen molar-refractivity contribution in [2.24, 2.45) is 84.6 Å². The number of ether oxygens (including phenoxy) is 1. The van der Waals surface area contributed by atoms with Crippen LogP contribution in [0.3, 0.4) is 0 Å². The van der Waals surface area contributed by atoms with E-state index < -0.39 is 44.4 Å². The van der Waals surface area contributed by atoms with Gasteiger partial charge in [-0.1, -0.05) is 13.8 Å². The fourth-order valence-electron chi connectivity index (χ4n) is 4.50. The lowest BCUT2D eigenvalue weighted by Gasteiger charge is -2.15. The third-order valence-electron chi connectivity index (χ3n) is 9.25. The summed E-state index contributed by atoms with van der Waals surface area (Å²) in [6.07, 6.45) is 67.8. The molecular formula is C56H102B6F6N24O13. The Kier molecular flexibility index (Phi) is 82.2. The molecule has 0 fully saturated rings. The van der Waals surface area contributed by atoms with Crippen molar-refractivity contribution in [3.05, 3.63) is 225 Å². The van der Waals surface area contributed by atoms with Gasteiger partial charge >= 0.3 is 44.4 Å². The van der Waals surface area contributed by atoms with Crippen molar-refractivity contribution in [2.75, 3.05) is 0 Å². The molecule has 0 radical (unpaired) electrons. The first kappa shape index (κ1) is 108. The third kappa shape index (κ3) is 118. The van der Waals surface area contributed by atoms with Gasteiger partial charge in [0.25, 0.3) is 0 Å². The Morgan fingerprint density at radius 3 is 0.333 bits per heavy atom. The first-order chi connectivity index (χ1) is 49.3. The molecular weight excluding hydrogens is 1400 g/mol. The summed E-state index contributed by atoms with van der Waals surface area (Å²) < 4.78 is 88.9. The Balaban J connectivity index is -0.000000194. The molecule has 105 heavy (non-hydrogen) atoms. The molecule has 2 atom stereocenters. The number of rotatable bonds is 4. The van der Waals surface area contributed by atoms with Gasteiger partial charge in [-0.2, -0.15) is 0 Å². The molecule has 49 heteroatoms. The highest BCUT2D eigenvalue weighted by Gasteiger charge is 2.03. The average molecular weight is 1500 g/mol. The summed E-state index contributed by atoms with van der Waals surface area (Å²) in [5.41, 5.74) is 0. The molecule has 0 bridgehead atoms. The second-order valence-corrected chi connectivity index (χ2v) is 19.2. The molecule has 0 aliphatic carbocycles. The van der Waals surface area contributed by atoms with Gasteiger partial charge in [-0.25, -0.2) is 59.8 Å². The summed E-state index contributed by atoms with van der Waals surface area (Å²) >= 11 is 0. The van der Waals surface area contributed by atoms with Crippen molar-refractivity contribution >= 4 is 44.4 Å². The summed E-state index contributed by atoms with van der Waals surface area (Å²) in [5.74, 6) is 0. The number of hydrogen-bond donors (Lipinski definition) is 12. The van der Waals surface area contributed by atoms with Crippen LogP contribution in [-0.2, 0) is 89.3 Å². The van der Waals surface area contributed by atoms with E-state index in [2.05, 4.69) is 87.5 Å². The van der Waals surface area contributed by atoms with Crippen molar-refractivity contribution in [2.45, 2.75) is 52.7 Å². The van der Waals surface area contributed by atoms with Crippen LogP contribution in [0.1, 0.15) is 40.5 Å². The minimum atomic E-state index is -2.67. The Bertz CT molecular complexity index is 2540. The monoisotopic (exact) mass is 1500 g/mol. The number of aryl methyl sites for hydroxylation is 12. The quantitative estimate of drug-likeness (QED) is 0.0870. The molecule has 2 unspecified atom stereocenters. The van der Waals surface area contributed by atoms with Gasteiger partial charge in [0, 0.05) is 233 Å². The van der Waals surface area contributed by atoms with Crippen LogP contribution in [0.5, 0.6) is 0 Å². The van der Waals surface area contributed by atoms with E-state index >= 15 is 0 Å². The van der Waals surface area contributed by atoms with Crippen LogP contribution in [0.4, 0.5) is 25.9 Å². The zero-order valence-corrected chi connectivity index (χ0v) is 61.6. The molecule has 0 spiro atoms. The van der Waals surface area contributed by atoms with Gasteiger partial charge in [0.2, 0.25) is 0 Å². The van der Waals surface area contributed by atoms with Gasteiger partial charge in [0.05, 0.1) is 88.1 Å². The van der Waals surface area contributed by atoms with E-state index in [0.717, 1.165) is 12.8 Å². The Morgan fingerprint density at radius 1 is 0.229 bits per heavy atom. The van der Waals surface area contributed by atoms with E-state index in [9.17, 15) is 25.9 Å². The molecule has 37 nitrogen and oxygen atoms in total. The van der Waals surface area contributed by atoms with Crippen LogP contribution in [0, 0.1) is 0 Å². The van der Waals surface area contributed by atoms with E-state index in [0.29, 0.717) is 12.2 Å². The van der Waals surface area contributed by atoms with Gasteiger partial charge in [-0.15, -0.1) is 0 Å². The first-order valence-electron chi connectivity index (χ1n) is 30.0. The van der Waals surface area contributed by atoms with Crippen molar-refractivity contribution in [1.82, 2.24) is 115 Å². The SMILES string of the molecule is CCC(C)OC(C)CC.Cn1ccnc1.Cn1ccnc1.Cn1ccnc1.Cn1ccnc1.Cn1ccnc1.Cn1ccnc1.Cn1ccnc1.Cn1ccnc1.Cn1ccnc1.Cn1ccnc1.Cn1ccnc1.Cn1ccnc1.OB(O)F.OB(O)F.OB(O)F.OB(O)F.OB(O)F.OB(O)F. The Labute approximate surface area is 609 Å². The van der Waals surface area contributed by atoms with Crippen molar-refractivity contribution in [1.29, 1.82) is 0 Å². The smallest absolute Gasteiger partial charge is 0.398 e. The molecule has 0 saturated heterocycles. The zero-order valence-electron chi connectivity index (χ0n) is 61.6. The number of halogens is 6. The molecule has 0 saturated carbocycles. The van der Waals surface area contributed by atoms with Crippen LogP contribution >= 0.6 is 0 Å². The average Bonchev–Trinajstić information content (AvgIpc) is 1.74. The van der Waals surface area contributed by atoms with Gasteiger partial charge in [-0.05, 0) is 26.7 Å². The van der Waals surface area contributed by atoms with Gasteiger partial charge in [-0.3, -0.25) is 25.9 Å². The van der Waals surface area contributed by atoms with E-state index in [1.807, 2.05) is 214 Å². The molecule has 0 amide bonds. The minimum absolute atomic E-state index is 0.431. The highest BCUT2D eigenvalue weighted by molar-refractivity contribution is 6.32. The highest BCUT2D eigenvalue weighted by Crippen LogP contribution is 2.03. The van der Waals surface area contributed by atoms with E-state index in [1.54, 1.807) is 150 Å². The molecule has 12 heterocycles. The van der Waals surface area contributed by atoms with E-state index in [1.165, 1.54) is 0 Å². The summed E-state index contributed by atoms with van der Waals surface area (Å²) in [7, 11) is 7.25.